The van der Waals surface area contributed by atoms with E-state index in [9.17, 15) is 9.59 Å². The maximum absolute atomic E-state index is 12.0. The van der Waals surface area contributed by atoms with Crippen molar-refractivity contribution in [3.05, 3.63) is 41.4 Å². The van der Waals surface area contributed by atoms with Gasteiger partial charge in [0.15, 0.2) is 11.8 Å². The fourth-order valence-electron chi connectivity index (χ4n) is 1.90. The number of thiazole rings is 1. The van der Waals surface area contributed by atoms with Crippen molar-refractivity contribution >= 4 is 23.2 Å². The summed E-state index contributed by atoms with van der Waals surface area (Å²) in [6.45, 7) is 1.57. The number of esters is 1. The van der Waals surface area contributed by atoms with Crippen molar-refractivity contribution in [3.63, 3.8) is 0 Å². The van der Waals surface area contributed by atoms with Crippen molar-refractivity contribution in [1.29, 1.82) is 0 Å². The van der Waals surface area contributed by atoms with Crippen LogP contribution in [0.5, 0.6) is 0 Å². The fourth-order valence-corrected chi connectivity index (χ4v) is 2.70. The first-order valence-electron chi connectivity index (χ1n) is 7.16. The SMILES string of the molecule is CC(OC(=O)c1csc(-c2ccccc2)n1)C(=O)NC1CC1. The molecular weight excluding hydrogens is 300 g/mol. The minimum absolute atomic E-state index is 0.231. The molecule has 1 aliphatic rings. The van der Waals surface area contributed by atoms with Gasteiger partial charge in [-0.05, 0) is 19.8 Å². The average Bonchev–Trinajstić information content (AvgIpc) is 3.19. The van der Waals surface area contributed by atoms with E-state index in [1.165, 1.54) is 11.3 Å². The Morgan fingerprint density at radius 2 is 2.05 bits per heavy atom. The van der Waals surface area contributed by atoms with Crippen LogP contribution in [0.4, 0.5) is 0 Å². The van der Waals surface area contributed by atoms with Gasteiger partial charge in [-0.1, -0.05) is 30.3 Å². The number of hydrogen-bond acceptors (Lipinski definition) is 5. The van der Waals surface area contributed by atoms with Gasteiger partial charge in [0, 0.05) is 17.0 Å². The Hall–Kier alpha value is -2.21. The summed E-state index contributed by atoms with van der Waals surface area (Å²) < 4.78 is 5.17. The van der Waals surface area contributed by atoms with Crippen molar-refractivity contribution in [2.75, 3.05) is 0 Å². The molecule has 1 fully saturated rings. The quantitative estimate of drug-likeness (QED) is 0.861. The maximum Gasteiger partial charge on any atom is 0.358 e. The minimum Gasteiger partial charge on any atom is -0.448 e. The molecule has 5 nitrogen and oxygen atoms in total. The lowest BCUT2D eigenvalue weighted by Gasteiger charge is -2.12. The summed E-state index contributed by atoms with van der Waals surface area (Å²) in [5.74, 6) is -0.828. The first-order chi connectivity index (χ1) is 10.6. The van der Waals surface area contributed by atoms with E-state index in [-0.39, 0.29) is 17.6 Å². The number of amides is 1. The van der Waals surface area contributed by atoms with Gasteiger partial charge >= 0.3 is 5.97 Å². The van der Waals surface area contributed by atoms with Crippen molar-refractivity contribution < 1.29 is 14.3 Å². The van der Waals surface area contributed by atoms with Gasteiger partial charge in [-0.25, -0.2) is 9.78 Å². The lowest BCUT2D eigenvalue weighted by Crippen LogP contribution is -2.37. The second-order valence-corrected chi connectivity index (χ2v) is 6.09. The van der Waals surface area contributed by atoms with Crippen LogP contribution < -0.4 is 5.32 Å². The Labute approximate surface area is 132 Å². The highest BCUT2D eigenvalue weighted by molar-refractivity contribution is 7.13. The van der Waals surface area contributed by atoms with Gasteiger partial charge in [0.05, 0.1) is 0 Å². The zero-order valence-corrected chi connectivity index (χ0v) is 12.9. The molecule has 1 atom stereocenters. The van der Waals surface area contributed by atoms with Crippen LogP contribution in [-0.2, 0) is 9.53 Å². The summed E-state index contributed by atoms with van der Waals surface area (Å²) in [5.41, 5.74) is 1.18. The van der Waals surface area contributed by atoms with Crippen molar-refractivity contribution in [2.45, 2.75) is 31.9 Å². The summed E-state index contributed by atoms with van der Waals surface area (Å²) in [4.78, 5) is 28.1. The summed E-state index contributed by atoms with van der Waals surface area (Å²) in [7, 11) is 0. The highest BCUT2D eigenvalue weighted by Crippen LogP contribution is 2.24. The molecule has 0 radical (unpaired) electrons. The second-order valence-electron chi connectivity index (χ2n) is 5.23. The summed E-state index contributed by atoms with van der Waals surface area (Å²) >= 11 is 1.37. The predicted molar refractivity (Wildman–Crippen MR) is 83.6 cm³/mol. The molecule has 22 heavy (non-hydrogen) atoms. The first-order valence-corrected chi connectivity index (χ1v) is 8.04. The van der Waals surface area contributed by atoms with Gasteiger partial charge in [-0.15, -0.1) is 11.3 Å². The molecule has 1 aromatic heterocycles. The lowest BCUT2D eigenvalue weighted by molar-refractivity contribution is -0.129. The Balaban J connectivity index is 1.62. The zero-order chi connectivity index (χ0) is 15.5. The summed E-state index contributed by atoms with van der Waals surface area (Å²) in [6, 6.07) is 9.86. The average molecular weight is 316 g/mol. The van der Waals surface area contributed by atoms with E-state index in [2.05, 4.69) is 10.3 Å². The highest BCUT2D eigenvalue weighted by Gasteiger charge is 2.27. The number of carbonyl (C=O) groups is 2. The van der Waals surface area contributed by atoms with Crippen LogP contribution >= 0.6 is 11.3 Å². The normalized spacial score (nSPS) is 15.1. The van der Waals surface area contributed by atoms with Gasteiger partial charge in [0.1, 0.15) is 5.01 Å². The van der Waals surface area contributed by atoms with Gasteiger partial charge < -0.3 is 10.1 Å². The summed E-state index contributed by atoms with van der Waals surface area (Å²) in [6.07, 6.45) is 1.19. The third kappa shape index (κ3) is 3.51. The smallest absolute Gasteiger partial charge is 0.358 e. The molecule has 3 rings (SSSR count). The third-order valence-corrected chi connectivity index (χ3v) is 4.20. The van der Waals surface area contributed by atoms with E-state index in [1.54, 1.807) is 12.3 Å². The van der Waals surface area contributed by atoms with Crippen molar-refractivity contribution in [1.82, 2.24) is 10.3 Å². The summed E-state index contributed by atoms with van der Waals surface area (Å²) in [5, 5.41) is 5.21. The zero-order valence-electron chi connectivity index (χ0n) is 12.1. The number of rotatable bonds is 5. The largest absolute Gasteiger partial charge is 0.448 e. The van der Waals surface area contributed by atoms with Crippen molar-refractivity contribution in [2.24, 2.45) is 0 Å². The number of carbonyl (C=O) groups excluding carboxylic acids is 2. The van der Waals surface area contributed by atoms with Crippen molar-refractivity contribution in [3.8, 4) is 10.6 Å². The van der Waals surface area contributed by atoms with Gasteiger partial charge in [0.2, 0.25) is 0 Å². The van der Waals surface area contributed by atoms with E-state index in [0.29, 0.717) is 0 Å². The van der Waals surface area contributed by atoms with E-state index >= 15 is 0 Å². The van der Waals surface area contributed by atoms with Crippen LogP contribution in [-0.4, -0.2) is 29.0 Å². The Morgan fingerprint density at radius 1 is 1.32 bits per heavy atom. The monoisotopic (exact) mass is 316 g/mol. The highest BCUT2D eigenvalue weighted by atomic mass is 32.1. The Kier molecular flexibility index (Phi) is 4.20. The van der Waals surface area contributed by atoms with E-state index < -0.39 is 12.1 Å². The molecule has 2 aromatic rings. The van der Waals surface area contributed by atoms with Gasteiger partial charge in [-0.2, -0.15) is 0 Å². The number of nitrogens with one attached hydrogen (secondary N) is 1. The minimum atomic E-state index is -0.810. The number of ether oxygens (including phenoxy) is 1. The molecule has 1 heterocycles. The Bertz CT molecular complexity index is 680. The first kappa shape index (κ1) is 14.7. The van der Waals surface area contributed by atoms with Crippen LogP contribution in [0.3, 0.4) is 0 Å². The Morgan fingerprint density at radius 3 is 2.73 bits per heavy atom. The molecule has 1 unspecified atom stereocenters. The van der Waals surface area contributed by atoms with Gasteiger partial charge in [0.25, 0.3) is 5.91 Å². The second kappa shape index (κ2) is 6.27. The predicted octanol–water partition coefficient (Wildman–Crippen LogP) is 2.63. The number of nitrogens with zero attached hydrogens (tertiary/aromatic N) is 1. The molecule has 1 amide bonds. The number of aromatic nitrogens is 1. The van der Waals surface area contributed by atoms with E-state index in [0.717, 1.165) is 23.4 Å². The van der Waals surface area contributed by atoms with Crippen LogP contribution in [0, 0.1) is 0 Å². The number of benzene rings is 1. The molecule has 0 bridgehead atoms. The molecule has 0 saturated heterocycles. The molecule has 114 valence electrons. The molecule has 6 heteroatoms. The number of hydrogen-bond donors (Lipinski definition) is 1. The third-order valence-electron chi connectivity index (χ3n) is 3.31. The standard InChI is InChI=1S/C16H16N2O3S/c1-10(14(19)17-12-7-8-12)21-16(20)13-9-22-15(18-13)11-5-3-2-4-6-11/h2-6,9-10,12H,7-8H2,1H3,(H,17,19). The molecule has 1 N–H and O–H groups in total. The maximum atomic E-state index is 12.0. The van der Waals surface area contributed by atoms with Gasteiger partial charge in [-0.3, -0.25) is 4.79 Å². The topological polar surface area (TPSA) is 68.3 Å². The fraction of sp³-hybridized carbons (Fsp3) is 0.312. The molecule has 0 aliphatic heterocycles. The molecule has 1 saturated carbocycles. The van der Waals surface area contributed by atoms with E-state index in [4.69, 9.17) is 4.74 Å². The lowest BCUT2D eigenvalue weighted by atomic mass is 10.2. The van der Waals surface area contributed by atoms with Crippen LogP contribution in [0.15, 0.2) is 35.7 Å². The van der Waals surface area contributed by atoms with Crippen LogP contribution in [0.1, 0.15) is 30.3 Å². The molecule has 0 spiro atoms. The molecule has 1 aromatic carbocycles. The molecule has 1 aliphatic carbocycles. The molecular formula is C16H16N2O3S. The van der Waals surface area contributed by atoms with Crippen LogP contribution in [0.25, 0.3) is 10.6 Å². The van der Waals surface area contributed by atoms with E-state index in [1.807, 2.05) is 30.3 Å². The van der Waals surface area contributed by atoms with Crippen LogP contribution in [0.2, 0.25) is 0 Å².